The zero-order chi connectivity index (χ0) is 15.9. The van der Waals surface area contributed by atoms with Gasteiger partial charge in [-0.1, -0.05) is 0 Å². The topological polar surface area (TPSA) is 93.1 Å². The molecule has 6 nitrogen and oxygen atoms in total. The number of carbonyl (C=O) groups is 2. The molecule has 2 saturated heterocycles. The minimum Gasteiger partial charge on any atom is -0.465 e. The standard InChI is InChI=1S/C16H26O6/c17-13(3-1-11-7-15(19)21-9-11)5-6-14(18)4-2-12-8-16(20)22-10-12/h11-14,17-18H,1-10H2. The number of esters is 2. The van der Waals surface area contributed by atoms with Crippen molar-refractivity contribution in [2.45, 2.75) is 63.6 Å². The van der Waals surface area contributed by atoms with E-state index in [2.05, 4.69) is 0 Å². The zero-order valence-corrected chi connectivity index (χ0v) is 12.9. The Labute approximate surface area is 130 Å². The van der Waals surface area contributed by atoms with Crippen LogP contribution < -0.4 is 0 Å². The van der Waals surface area contributed by atoms with Gasteiger partial charge in [0.1, 0.15) is 0 Å². The van der Waals surface area contributed by atoms with E-state index in [-0.39, 0.29) is 23.8 Å². The van der Waals surface area contributed by atoms with Gasteiger partial charge in [0.2, 0.25) is 0 Å². The Bertz CT molecular complexity index is 347. The van der Waals surface area contributed by atoms with Crippen molar-refractivity contribution in [2.75, 3.05) is 13.2 Å². The summed E-state index contributed by atoms with van der Waals surface area (Å²) in [5, 5.41) is 19.9. The third-order valence-corrected chi connectivity index (χ3v) is 4.52. The summed E-state index contributed by atoms with van der Waals surface area (Å²) in [6.45, 7) is 0.937. The van der Waals surface area contributed by atoms with Gasteiger partial charge >= 0.3 is 11.9 Å². The molecule has 126 valence electrons. The van der Waals surface area contributed by atoms with E-state index < -0.39 is 12.2 Å². The molecule has 2 heterocycles. The quantitative estimate of drug-likeness (QED) is 0.621. The average Bonchev–Trinajstić information content (AvgIpc) is 3.09. The SMILES string of the molecule is O=C1CC(CCC(O)CCC(O)CCC2COC(=O)C2)CO1. The van der Waals surface area contributed by atoms with E-state index in [1.807, 2.05) is 0 Å². The summed E-state index contributed by atoms with van der Waals surface area (Å²) in [5.41, 5.74) is 0. The van der Waals surface area contributed by atoms with Gasteiger partial charge in [-0.05, 0) is 38.5 Å². The Kier molecular flexibility index (Phi) is 6.64. The second kappa shape index (κ2) is 8.48. The Balaban J connectivity index is 1.50. The highest BCUT2D eigenvalue weighted by Crippen LogP contribution is 2.23. The van der Waals surface area contributed by atoms with Gasteiger partial charge in [0.25, 0.3) is 0 Å². The van der Waals surface area contributed by atoms with Crippen LogP contribution in [0, 0.1) is 11.8 Å². The van der Waals surface area contributed by atoms with Crippen LogP contribution >= 0.6 is 0 Å². The van der Waals surface area contributed by atoms with Crippen molar-refractivity contribution in [2.24, 2.45) is 11.8 Å². The number of hydrogen-bond donors (Lipinski definition) is 2. The highest BCUT2D eigenvalue weighted by molar-refractivity contribution is 5.71. The molecule has 2 rings (SSSR count). The van der Waals surface area contributed by atoms with Gasteiger partial charge in [0.05, 0.1) is 38.3 Å². The number of cyclic esters (lactones) is 2. The minimum atomic E-state index is -0.443. The lowest BCUT2D eigenvalue weighted by molar-refractivity contribution is -0.138. The first kappa shape index (κ1) is 17.2. The molecule has 0 spiro atoms. The Morgan fingerprint density at radius 3 is 1.55 bits per heavy atom. The van der Waals surface area contributed by atoms with Crippen LogP contribution in [0.15, 0.2) is 0 Å². The van der Waals surface area contributed by atoms with Crippen molar-refractivity contribution in [3.63, 3.8) is 0 Å². The van der Waals surface area contributed by atoms with E-state index in [1.54, 1.807) is 0 Å². The van der Waals surface area contributed by atoms with Crippen LogP contribution in [-0.2, 0) is 19.1 Å². The number of ether oxygens (including phenoxy) is 2. The minimum absolute atomic E-state index is 0.149. The van der Waals surface area contributed by atoms with Crippen molar-refractivity contribution in [1.82, 2.24) is 0 Å². The molecule has 2 fully saturated rings. The molecule has 22 heavy (non-hydrogen) atoms. The van der Waals surface area contributed by atoms with Crippen molar-refractivity contribution in [3.8, 4) is 0 Å². The summed E-state index contributed by atoms with van der Waals surface area (Å²) >= 11 is 0. The van der Waals surface area contributed by atoms with Gasteiger partial charge < -0.3 is 19.7 Å². The number of hydrogen-bond acceptors (Lipinski definition) is 6. The first-order valence-corrected chi connectivity index (χ1v) is 8.20. The Hall–Kier alpha value is -1.14. The molecule has 6 heteroatoms. The second-order valence-electron chi connectivity index (χ2n) is 6.55. The van der Waals surface area contributed by atoms with Crippen LogP contribution in [0.5, 0.6) is 0 Å². The predicted molar refractivity (Wildman–Crippen MR) is 77.8 cm³/mol. The fourth-order valence-corrected chi connectivity index (χ4v) is 3.03. The molecule has 0 saturated carbocycles. The van der Waals surface area contributed by atoms with Crippen LogP contribution in [0.2, 0.25) is 0 Å². The lowest BCUT2D eigenvalue weighted by Gasteiger charge is -2.16. The summed E-state index contributed by atoms with van der Waals surface area (Å²) in [5.74, 6) is 0.160. The van der Waals surface area contributed by atoms with Crippen LogP contribution in [-0.4, -0.2) is 47.6 Å². The first-order valence-electron chi connectivity index (χ1n) is 8.20. The largest absolute Gasteiger partial charge is 0.465 e. The highest BCUT2D eigenvalue weighted by atomic mass is 16.5. The third-order valence-electron chi connectivity index (χ3n) is 4.52. The monoisotopic (exact) mass is 314 g/mol. The van der Waals surface area contributed by atoms with Crippen molar-refractivity contribution >= 4 is 11.9 Å². The van der Waals surface area contributed by atoms with Crippen LogP contribution in [0.3, 0.4) is 0 Å². The molecule has 2 N–H and O–H groups in total. The molecule has 4 unspecified atom stereocenters. The summed E-state index contributed by atoms with van der Waals surface area (Å²) < 4.78 is 9.78. The van der Waals surface area contributed by atoms with E-state index in [0.717, 1.165) is 12.8 Å². The maximum absolute atomic E-state index is 11.0. The molecular weight excluding hydrogens is 288 g/mol. The van der Waals surface area contributed by atoms with Crippen molar-refractivity contribution < 1.29 is 29.3 Å². The van der Waals surface area contributed by atoms with Crippen molar-refractivity contribution in [3.05, 3.63) is 0 Å². The number of rotatable bonds is 9. The van der Waals surface area contributed by atoms with Gasteiger partial charge in [-0.15, -0.1) is 0 Å². The molecule has 0 aliphatic carbocycles. The molecule has 0 bridgehead atoms. The molecular formula is C16H26O6. The zero-order valence-electron chi connectivity index (χ0n) is 12.9. The van der Waals surface area contributed by atoms with E-state index in [9.17, 15) is 19.8 Å². The van der Waals surface area contributed by atoms with Crippen LogP contribution in [0.1, 0.15) is 51.4 Å². The lowest BCUT2D eigenvalue weighted by Crippen LogP contribution is -2.16. The van der Waals surface area contributed by atoms with Gasteiger partial charge in [-0.25, -0.2) is 0 Å². The molecule has 4 atom stereocenters. The fourth-order valence-electron chi connectivity index (χ4n) is 3.03. The molecule has 0 aromatic heterocycles. The fraction of sp³-hybridized carbons (Fsp3) is 0.875. The summed E-state index contributed by atoms with van der Waals surface area (Å²) in [6.07, 6.45) is 3.98. The van der Waals surface area contributed by atoms with E-state index in [0.29, 0.717) is 51.7 Å². The molecule has 2 aliphatic heterocycles. The molecule has 0 radical (unpaired) electrons. The molecule has 0 amide bonds. The smallest absolute Gasteiger partial charge is 0.306 e. The van der Waals surface area contributed by atoms with E-state index >= 15 is 0 Å². The van der Waals surface area contributed by atoms with Crippen LogP contribution in [0.4, 0.5) is 0 Å². The maximum atomic E-state index is 11.0. The van der Waals surface area contributed by atoms with E-state index in [4.69, 9.17) is 9.47 Å². The lowest BCUT2D eigenvalue weighted by atomic mass is 9.95. The summed E-state index contributed by atoms with van der Waals surface area (Å²) in [7, 11) is 0. The number of aliphatic hydroxyl groups is 2. The van der Waals surface area contributed by atoms with E-state index in [1.165, 1.54) is 0 Å². The number of carbonyl (C=O) groups excluding carboxylic acids is 2. The first-order chi connectivity index (χ1) is 10.5. The van der Waals surface area contributed by atoms with Gasteiger partial charge in [-0.2, -0.15) is 0 Å². The highest BCUT2D eigenvalue weighted by Gasteiger charge is 2.25. The van der Waals surface area contributed by atoms with Gasteiger partial charge in [0, 0.05) is 11.8 Å². The average molecular weight is 314 g/mol. The molecule has 0 aromatic rings. The molecule has 0 aromatic carbocycles. The second-order valence-corrected chi connectivity index (χ2v) is 6.55. The predicted octanol–water partition coefficient (Wildman–Crippen LogP) is 1.17. The van der Waals surface area contributed by atoms with Gasteiger partial charge in [0.15, 0.2) is 0 Å². The summed E-state index contributed by atoms with van der Waals surface area (Å²) in [6, 6.07) is 0. The maximum Gasteiger partial charge on any atom is 0.306 e. The molecule has 2 aliphatic rings. The Morgan fingerprint density at radius 2 is 1.23 bits per heavy atom. The third kappa shape index (κ3) is 5.93. The summed E-state index contributed by atoms with van der Waals surface area (Å²) in [4.78, 5) is 21.9. The number of aliphatic hydroxyl groups excluding tert-OH is 2. The van der Waals surface area contributed by atoms with Crippen molar-refractivity contribution in [1.29, 1.82) is 0 Å². The Morgan fingerprint density at radius 1 is 0.818 bits per heavy atom. The van der Waals surface area contributed by atoms with Gasteiger partial charge in [-0.3, -0.25) is 9.59 Å². The van der Waals surface area contributed by atoms with Crippen LogP contribution in [0.25, 0.3) is 0 Å². The normalized spacial score (nSPS) is 27.5.